The molecular formula is C16H31NO3Si. The maximum Gasteiger partial charge on any atom is 0.310 e. The van der Waals surface area contributed by atoms with Gasteiger partial charge in [-0.25, -0.2) is 0 Å². The lowest BCUT2D eigenvalue weighted by Gasteiger charge is -2.38. The summed E-state index contributed by atoms with van der Waals surface area (Å²) in [7, 11) is -0.182. The fraction of sp³-hybridized carbons (Fsp3) is 0.938. The van der Waals surface area contributed by atoms with E-state index in [1.165, 1.54) is 7.11 Å². The number of nitrogens with zero attached hydrogens (tertiary/aromatic N) is 1. The van der Waals surface area contributed by atoms with Gasteiger partial charge in [-0.05, 0) is 43.9 Å². The summed E-state index contributed by atoms with van der Waals surface area (Å²) in [6, 6.07) is 0.865. The summed E-state index contributed by atoms with van der Waals surface area (Å²) in [4.78, 5) is 14.3. The number of ether oxygens (including phenoxy) is 1. The lowest BCUT2D eigenvalue weighted by Crippen LogP contribution is -2.45. The zero-order valence-corrected chi connectivity index (χ0v) is 15.4. The number of esters is 1. The molecule has 3 atom stereocenters. The molecule has 2 heterocycles. The molecule has 0 aromatic heterocycles. The molecule has 4 nitrogen and oxygen atoms in total. The van der Waals surface area contributed by atoms with Crippen LogP contribution in [0.5, 0.6) is 0 Å². The molecule has 0 aromatic carbocycles. The first-order chi connectivity index (χ1) is 9.67. The third kappa shape index (κ3) is 3.35. The van der Waals surface area contributed by atoms with Crippen LogP contribution in [-0.2, 0) is 14.0 Å². The standard InChI is InChI=1S/C16H31NO3Si/c1-16(2,3)21(5,6)20-11-12-7-8-14-13(15(18)19-4)9-10-17(12)14/h12-14H,7-11H2,1-6H3/t12?,13-,14?/m1/s1. The van der Waals surface area contributed by atoms with Gasteiger partial charge in [0.15, 0.2) is 8.32 Å². The molecule has 0 spiro atoms. The van der Waals surface area contributed by atoms with Crippen molar-refractivity contribution in [3.63, 3.8) is 0 Å². The van der Waals surface area contributed by atoms with E-state index in [2.05, 4.69) is 38.8 Å². The number of carbonyl (C=O) groups excluding carboxylic acids is 1. The van der Waals surface area contributed by atoms with Crippen molar-refractivity contribution in [3.8, 4) is 0 Å². The minimum atomic E-state index is -1.68. The van der Waals surface area contributed by atoms with Gasteiger partial charge in [-0.15, -0.1) is 0 Å². The molecule has 2 aliphatic heterocycles. The summed E-state index contributed by atoms with van der Waals surface area (Å²) >= 11 is 0. The first-order valence-electron chi connectivity index (χ1n) is 8.15. The Bertz CT molecular complexity index is 391. The summed E-state index contributed by atoms with van der Waals surface area (Å²) in [5.41, 5.74) is 0. The van der Waals surface area contributed by atoms with Crippen molar-refractivity contribution in [1.29, 1.82) is 0 Å². The summed E-state index contributed by atoms with van der Waals surface area (Å²) in [6.07, 6.45) is 3.19. The Hall–Kier alpha value is -0.393. The van der Waals surface area contributed by atoms with E-state index in [0.29, 0.717) is 12.1 Å². The number of carbonyl (C=O) groups is 1. The Morgan fingerprint density at radius 2 is 1.90 bits per heavy atom. The average Bonchev–Trinajstić information content (AvgIpc) is 2.95. The molecule has 0 saturated carbocycles. The fourth-order valence-corrected chi connectivity index (χ4v) is 4.40. The van der Waals surface area contributed by atoms with Crippen LogP contribution in [0.25, 0.3) is 0 Å². The molecule has 21 heavy (non-hydrogen) atoms. The largest absolute Gasteiger partial charge is 0.469 e. The van der Waals surface area contributed by atoms with Gasteiger partial charge in [-0.2, -0.15) is 0 Å². The Balaban J connectivity index is 1.92. The highest BCUT2D eigenvalue weighted by Crippen LogP contribution is 2.40. The number of hydrogen-bond donors (Lipinski definition) is 0. The van der Waals surface area contributed by atoms with Gasteiger partial charge in [-0.3, -0.25) is 9.69 Å². The molecule has 0 aliphatic carbocycles. The van der Waals surface area contributed by atoms with Crippen molar-refractivity contribution in [2.75, 3.05) is 20.3 Å². The van der Waals surface area contributed by atoms with Crippen LogP contribution in [0.2, 0.25) is 18.1 Å². The Morgan fingerprint density at radius 1 is 1.24 bits per heavy atom. The minimum Gasteiger partial charge on any atom is -0.469 e. The van der Waals surface area contributed by atoms with Gasteiger partial charge in [0, 0.05) is 18.7 Å². The summed E-state index contributed by atoms with van der Waals surface area (Å²) in [5.74, 6) is 0.0429. The number of fused-ring (bicyclic) bond motifs is 1. The Kier molecular flexibility index (Phi) is 4.86. The molecule has 0 radical (unpaired) electrons. The van der Waals surface area contributed by atoms with Crippen LogP contribution in [0.1, 0.15) is 40.0 Å². The van der Waals surface area contributed by atoms with Gasteiger partial charge in [0.2, 0.25) is 0 Å². The van der Waals surface area contributed by atoms with E-state index in [-0.39, 0.29) is 16.9 Å². The van der Waals surface area contributed by atoms with Gasteiger partial charge in [0.1, 0.15) is 0 Å². The van der Waals surface area contributed by atoms with Crippen molar-refractivity contribution in [3.05, 3.63) is 0 Å². The third-order valence-corrected chi connectivity index (χ3v) is 10.3. The molecular weight excluding hydrogens is 282 g/mol. The van der Waals surface area contributed by atoms with E-state index in [1.54, 1.807) is 0 Å². The highest BCUT2D eigenvalue weighted by Gasteiger charge is 2.47. The van der Waals surface area contributed by atoms with Gasteiger partial charge in [-0.1, -0.05) is 20.8 Å². The van der Waals surface area contributed by atoms with Crippen LogP contribution in [-0.4, -0.2) is 51.5 Å². The highest BCUT2D eigenvalue weighted by molar-refractivity contribution is 6.74. The number of methoxy groups -OCH3 is 1. The quantitative estimate of drug-likeness (QED) is 0.591. The van der Waals surface area contributed by atoms with Crippen LogP contribution < -0.4 is 0 Å². The molecule has 122 valence electrons. The molecule has 2 saturated heterocycles. The van der Waals surface area contributed by atoms with E-state index in [4.69, 9.17) is 9.16 Å². The summed E-state index contributed by atoms with van der Waals surface area (Å²) < 4.78 is 11.3. The van der Waals surface area contributed by atoms with Gasteiger partial charge >= 0.3 is 5.97 Å². The smallest absolute Gasteiger partial charge is 0.310 e. The van der Waals surface area contributed by atoms with E-state index < -0.39 is 8.32 Å². The second-order valence-corrected chi connectivity index (χ2v) is 12.8. The second kappa shape index (κ2) is 6.01. The predicted molar refractivity (Wildman–Crippen MR) is 86.8 cm³/mol. The fourth-order valence-electron chi connectivity index (χ4n) is 3.35. The van der Waals surface area contributed by atoms with Crippen molar-refractivity contribution < 1.29 is 14.0 Å². The molecule has 2 fully saturated rings. The molecule has 0 amide bonds. The van der Waals surface area contributed by atoms with Crippen LogP contribution in [0.3, 0.4) is 0 Å². The van der Waals surface area contributed by atoms with Crippen molar-refractivity contribution in [2.45, 2.75) is 70.2 Å². The Morgan fingerprint density at radius 3 is 2.48 bits per heavy atom. The van der Waals surface area contributed by atoms with E-state index >= 15 is 0 Å². The van der Waals surface area contributed by atoms with E-state index in [1.807, 2.05) is 0 Å². The third-order valence-electron chi connectivity index (χ3n) is 5.80. The second-order valence-electron chi connectivity index (χ2n) is 8.03. The van der Waals surface area contributed by atoms with Crippen molar-refractivity contribution in [2.24, 2.45) is 5.92 Å². The zero-order valence-electron chi connectivity index (χ0n) is 14.4. The lowest BCUT2D eigenvalue weighted by atomic mass is 9.98. The van der Waals surface area contributed by atoms with Crippen LogP contribution >= 0.6 is 0 Å². The van der Waals surface area contributed by atoms with Crippen LogP contribution in [0.15, 0.2) is 0 Å². The SMILES string of the molecule is COC(=O)[C@@H]1CCN2C(CO[Si](C)(C)C(C)(C)C)CCC12. The molecule has 2 aliphatic rings. The minimum absolute atomic E-state index is 0.0338. The average molecular weight is 314 g/mol. The molecule has 0 aromatic rings. The normalized spacial score (nSPS) is 30.5. The topological polar surface area (TPSA) is 38.8 Å². The zero-order chi connectivity index (χ0) is 15.8. The summed E-state index contributed by atoms with van der Waals surface area (Å²) in [6.45, 7) is 13.3. The summed E-state index contributed by atoms with van der Waals surface area (Å²) in [5, 5.41) is 0.255. The Labute approximate surface area is 130 Å². The molecule has 5 heteroatoms. The predicted octanol–water partition coefficient (Wildman–Crippen LogP) is 3.03. The van der Waals surface area contributed by atoms with Gasteiger partial charge < -0.3 is 9.16 Å². The number of hydrogen-bond acceptors (Lipinski definition) is 4. The molecule has 0 bridgehead atoms. The van der Waals surface area contributed by atoms with Crippen LogP contribution in [0, 0.1) is 5.92 Å². The number of rotatable bonds is 4. The van der Waals surface area contributed by atoms with Crippen LogP contribution in [0.4, 0.5) is 0 Å². The maximum atomic E-state index is 11.8. The molecule has 2 rings (SSSR count). The lowest BCUT2D eigenvalue weighted by molar-refractivity contribution is -0.146. The highest BCUT2D eigenvalue weighted by atomic mass is 28.4. The first kappa shape index (κ1) is 17.0. The van der Waals surface area contributed by atoms with Gasteiger partial charge in [0.25, 0.3) is 0 Å². The molecule has 0 N–H and O–H groups in total. The first-order valence-corrected chi connectivity index (χ1v) is 11.1. The van der Waals surface area contributed by atoms with Crippen molar-refractivity contribution >= 4 is 14.3 Å². The van der Waals surface area contributed by atoms with E-state index in [9.17, 15) is 4.79 Å². The monoisotopic (exact) mass is 313 g/mol. The molecule has 2 unspecified atom stereocenters. The van der Waals surface area contributed by atoms with Crippen molar-refractivity contribution in [1.82, 2.24) is 4.90 Å². The van der Waals surface area contributed by atoms with Gasteiger partial charge in [0.05, 0.1) is 13.0 Å². The maximum absolute atomic E-state index is 11.8. The van der Waals surface area contributed by atoms with E-state index in [0.717, 1.165) is 32.4 Å².